The van der Waals surface area contributed by atoms with Gasteiger partial charge in [0, 0.05) is 24.9 Å². The standard InChI is InChI=1S/C14H14N2O4/c1-10(17)20-13(11-4-6-15-7-5-11)14(18)16-9-12-3-2-8-19-12/h2-8,13H,9H2,1H3,(H,16,18)/t13-/m0/s1. The summed E-state index contributed by atoms with van der Waals surface area (Å²) in [4.78, 5) is 27.1. The van der Waals surface area contributed by atoms with Crippen molar-refractivity contribution in [2.75, 3.05) is 0 Å². The van der Waals surface area contributed by atoms with Gasteiger partial charge in [0.15, 0.2) is 0 Å². The Morgan fingerprint density at radius 1 is 1.35 bits per heavy atom. The molecule has 104 valence electrons. The van der Waals surface area contributed by atoms with Crippen LogP contribution in [0.4, 0.5) is 0 Å². The zero-order valence-corrected chi connectivity index (χ0v) is 10.9. The normalized spacial score (nSPS) is 11.7. The first kappa shape index (κ1) is 13.8. The third-order valence-corrected chi connectivity index (χ3v) is 2.55. The van der Waals surface area contributed by atoms with Crippen molar-refractivity contribution in [1.82, 2.24) is 10.3 Å². The highest BCUT2D eigenvalue weighted by Gasteiger charge is 2.23. The number of nitrogens with one attached hydrogen (secondary N) is 1. The van der Waals surface area contributed by atoms with Crippen molar-refractivity contribution in [3.05, 3.63) is 54.2 Å². The first-order valence-corrected chi connectivity index (χ1v) is 6.04. The summed E-state index contributed by atoms with van der Waals surface area (Å²) in [5.74, 6) is -0.322. The summed E-state index contributed by atoms with van der Waals surface area (Å²) >= 11 is 0. The molecule has 0 radical (unpaired) electrons. The van der Waals surface area contributed by atoms with Crippen LogP contribution in [0.25, 0.3) is 0 Å². The smallest absolute Gasteiger partial charge is 0.303 e. The van der Waals surface area contributed by atoms with Crippen LogP contribution in [0.5, 0.6) is 0 Å². The molecule has 6 nitrogen and oxygen atoms in total. The monoisotopic (exact) mass is 274 g/mol. The lowest BCUT2D eigenvalue weighted by Gasteiger charge is -2.16. The van der Waals surface area contributed by atoms with Crippen molar-refractivity contribution in [1.29, 1.82) is 0 Å². The van der Waals surface area contributed by atoms with Gasteiger partial charge in [0.1, 0.15) is 5.76 Å². The van der Waals surface area contributed by atoms with E-state index in [2.05, 4.69) is 10.3 Å². The van der Waals surface area contributed by atoms with E-state index >= 15 is 0 Å². The van der Waals surface area contributed by atoms with Crippen molar-refractivity contribution in [3.63, 3.8) is 0 Å². The quantitative estimate of drug-likeness (QED) is 0.837. The Hall–Kier alpha value is -2.63. The maximum atomic E-state index is 12.1. The van der Waals surface area contributed by atoms with E-state index in [1.54, 1.807) is 24.3 Å². The first-order chi connectivity index (χ1) is 9.66. The zero-order valence-electron chi connectivity index (χ0n) is 10.9. The first-order valence-electron chi connectivity index (χ1n) is 6.04. The van der Waals surface area contributed by atoms with Gasteiger partial charge >= 0.3 is 5.97 Å². The SMILES string of the molecule is CC(=O)O[C@H](C(=O)NCc1ccco1)c1ccncc1. The van der Waals surface area contributed by atoms with Crippen LogP contribution in [0, 0.1) is 0 Å². The summed E-state index contributed by atoms with van der Waals surface area (Å²) in [6.07, 6.45) is 3.59. The third-order valence-electron chi connectivity index (χ3n) is 2.55. The Morgan fingerprint density at radius 3 is 2.70 bits per heavy atom. The fraction of sp³-hybridized carbons (Fsp3) is 0.214. The van der Waals surface area contributed by atoms with Crippen LogP contribution in [-0.2, 0) is 20.9 Å². The van der Waals surface area contributed by atoms with Crippen molar-refractivity contribution in [3.8, 4) is 0 Å². The Balaban J connectivity index is 2.06. The lowest BCUT2D eigenvalue weighted by Crippen LogP contribution is -2.31. The minimum Gasteiger partial charge on any atom is -0.467 e. The molecule has 2 aromatic heterocycles. The van der Waals surface area contributed by atoms with Crippen molar-refractivity contribution in [2.45, 2.75) is 19.6 Å². The predicted octanol–water partition coefficient (Wildman–Crippen LogP) is 1.60. The minimum absolute atomic E-state index is 0.231. The molecule has 0 fully saturated rings. The summed E-state index contributed by atoms with van der Waals surface area (Å²) in [5, 5.41) is 2.66. The number of amides is 1. The van der Waals surface area contributed by atoms with Gasteiger partial charge in [0.25, 0.3) is 5.91 Å². The van der Waals surface area contributed by atoms with Gasteiger partial charge in [-0.2, -0.15) is 0 Å². The van der Waals surface area contributed by atoms with Crippen LogP contribution in [0.3, 0.4) is 0 Å². The Morgan fingerprint density at radius 2 is 2.10 bits per heavy atom. The van der Waals surface area contributed by atoms with Crippen molar-refractivity contribution >= 4 is 11.9 Å². The molecule has 1 amide bonds. The molecular weight excluding hydrogens is 260 g/mol. The van der Waals surface area contributed by atoms with Gasteiger partial charge in [0.05, 0.1) is 12.8 Å². The molecule has 0 aliphatic rings. The fourth-order valence-electron chi connectivity index (χ4n) is 1.66. The summed E-state index contributed by atoms with van der Waals surface area (Å²) < 4.78 is 10.2. The number of carbonyl (C=O) groups excluding carboxylic acids is 2. The second kappa shape index (κ2) is 6.51. The number of aromatic nitrogens is 1. The van der Waals surface area contributed by atoms with Crippen LogP contribution < -0.4 is 5.32 Å². The van der Waals surface area contributed by atoms with Crippen LogP contribution in [0.15, 0.2) is 47.3 Å². The van der Waals surface area contributed by atoms with Crippen molar-refractivity contribution < 1.29 is 18.7 Å². The highest BCUT2D eigenvalue weighted by atomic mass is 16.5. The number of pyridine rings is 1. The van der Waals surface area contributed by atoms with E-state index in [9.17, 15) is 9.59 Å². The van der Waals surface area contributed by atoms with Gasteiger partial charge in [-0.25, -0.2) is 0 Å². The van der Waals surface area contributed by atoms with Gasteiger partial charge in [-0.15, -0.1) is 0 Å². The molecule has 2 aromatic rings. The highest BCUT2D eigenvalue weighted by molar-refractivity contribution is 5.84. The largest absolute Gasteiger partial charge is 0.467 e. The molecule has 1 atom stereocenters. The summed E-state index contributed by atoms with van der Waals surface area (Å²) in [7, 11) is 0. The van der Waals surface area contributed by atoms with Gasteiger partial charge in [0.2, 0.25) is 6.10 Å². The van der Waals surface area contributed by atoms with Crippen molar-refractivity contribution in [2.24, 2.45) is 0 Å². The van der Waals surface area contributed by atoms with E-state index in [1.165, 1.54) is 25.6 Å². The topological polar surface area (TPSA) is 81.4 Å². The molecule has 0 saturated carbocycles. The maximum absolute atomic E-state index is 12.1. The second-order valence-corrected chi connectivity index (χ2v) is 4.07. The molecule has 0 saturated heterocycles. The summed E-state index contributed by atoms with van der Waals surface area (Å²) in [6.45, 7) is 1.49. The molecule has 2 heterocycles. The Labute approximate surface area is 115 Å². The van der Waals surface area contributed by atoms with E-state index in [1.807, 2.05) is 0 Å². The number of furan rings is 1. The van der Waals surface area contributed by atoms with Gasteiger partial charge in [-0.1, -0.05) is 0 Å². The number of carbonyl (C=O) groups is 2. The van der Waals surface area contributed by atoms with E-state index in [4.69, 9.17) is 9.15 Å². The lowest BCUT2D eigenvalue weighted by molar-refractivity contribution is -0.154. The van der Waals surface area contributed by atoms with Crippen LogP contribution in [0.1, 0.15) is 24.4 Å². The molecule has 0 bridgehead atoms. The van der Waals surface area contributed by atoms with Crippen LogP contribution in [0.2, 0.25) is 0 Å². The molecule has 0 aromatic carbocycles. The van der Waals surface area contributed by atoms with E-state index < -0.39 is 18.0 Å². The van der Waals surface area contributed by atoms with E-state index in [0.29, 0.717) is 11.3 Å². The molecular formula is C14H14N2O4. The minimum atomic E-state index is -0.995. The molecule has 20 heavy (non-hydrogen) atoms. The van der Waals surface area contributed by atoms with Gasteiger partial charge in [-0.05, 0) is 24.3 Å². The molecule has 2 rings (SSSR count). The molecule has 6 heteroatoms. The second-order valence-electron chi connectivity index (χ2n) is 4.07. The molecule has 0 spiro atoms. The Bertz CT molecular complexity index is 566. The summed E-state index contributed by atoms with van der Waals surface area (Å²) in [5.41, 5.74) is 0.562. The third kappa shape index (κ3) is 3.68. The highest BCUT2D eigenvalue weighted by Crippen LogP contribution is 2.17. The molecule has 0 aliphatic carbocycles. The number of esters is 1. The molecule has 0 unspecified atom stereocenters. The molecule has 0 aliphatic heterocycles. The Kier molecular flexibility index (Phi) is 4.49. The molecule has 1 N–H and O–H groups in total. The number of ether oxygens (including phenoxy) is 1. The van der Waals surface area contributed by atoms with Crippen LogP contribution >= 0.6 is 0 Å². The van der Waals surface area contributed by atoms with Crippen LogP contribution in [-0.4, -0.2) is 16.9 Å². The predicted molar refractivity (Wildman–Crippen MR) is 69.3 cm³/mol. The zero-order chi connectivity index (χ0) is 14.4. The van der Waals surface area contributed by atoms with Gasteiger partial charge in [-0.3, -0.25) is 14.6 Å². The van der Waals surface area contributed by atoms with Gasteiger partial charge < -0.3 is 14.5 Å². The van der Waals surface area contributed by atoms with E-state index in [-0.39, 0.29) is 6.54 Å². The maximum Gasteiger partial charge on any atom is 0.303 e. The average molecular weight is 274 g/mol. The lowest BCUT2D eigenvalue weighted by atomic mass is 10.1. The number of rotatable bonds is 5. The number of nitrogens with zero attached hydrogens (tertiary/aromatic N) is 1. The average Bonchev–Trinajstić information content (AvgIpc) is 2.96. The summed E-state index contributed by atoms with van der Waals surface area (Å²) in [6, 6.07) is 6.72. The number of hydrogen-bond donors (Lipinski definition) is 1. The van der Waals surface area contributed by atoms with E-state index in [0.717, 1.165) is 0 Å². The fourth-order valence-corrected chi connectivity index (χ4v) is 1.66. The number of hydrogen-bond acceptors (Lipinski definition) is 5.